The molecule has 8 heteroatoms. The van der Waals surface area contributed by atoms with Crippen LogP contribution < -0.4 is 5.32 Å². The Bertz CT molecular complexity index is 1030. The van der Waals surface area contributed by atoms with E-state index in [1.807, 2.05) is 31.2 Å². The third kappa shape index (κ3) is 3.64. The largest absolute Gasteiger partial charge is 0.350 e. The van der Waals surface area contributed by atoms with Gasteiger partial charge in [-0.1, -0.05) is 24.3 Å². The second kappa shape index (κ2) is 7.67. The average Bonchev–Trinajstić information content (AvgIpc) is 3.35. The zero-order valence-corrected chi connectivity index (χ0v) is 15.8. The lowest BCUT2D eigenvalue weighted by Gasteiger charge is -2.17. The van der Waals surface area contributed by atoms with Gasteiger partial charge in [-0.3, -0.25) is 19.3 Å². The average molecular weight is 389 g/mol. The number of fused-ring (bicyclic) bond motifs is 1. The van der Waals surface area contributed by atoms with Gasteiger partial charge in [-0.2, -0.15) is 5.10 Å². The highest BCUT2D eigenvalue weighted by Gasteiger charge is 2.35. The number of aromatic nitrogens is 3. The van der Waals surface area contributed by atoms with E-state index in [1.165, 1.54) is 6.33 Å². The van der Waals surface area contributed by atoms with Crippen LogP contribution in [0.25, 0.3) is 5.69 Å². The Morgan fingerprint density at radius 2 is 1.69 bits per heavy atom. The summed E-state index contributed by atoms with van der Waals surface area (Å²) in [6, 6.07) is 14.1. The van der Waals surface area contributed by atoms with Gasteiger partial charge in [-0.05, 0) is 36.8 Å². The molecule has 0 fully saturated rings. The summed E-state index contributed by atoms with van der Waals surface area (Å²) in [5, 5.41) is 6.98. The fourth-order valence-corrected chi connectivity index (χ4v) is 3.31. The van der Waals surface area contributed by atoms with Crippen LogP contribution in [-0.4, -0.2) is 43.9 Å². The number of hydrogen-bond donors (Lipinski definition) is 1. The van der Waals surface area contributed by atoms with Crippen LogP contribution >= 0.6 is 0 Å². The fraction of sp³-hybridized carbons (Fsp3) is 0.190. The zero-order valence-electron chi connectivity index (χ0n) is 15.8. The van der Waals surface area contributed by atoms with Crippen molar-refractivity contribution in [3.63, 3.8) is 0 Å². The highest BCUT2D eigenvalue weighted by molar-refractivity contribution is 6.21. The maximum absolute atomic E-state index is 12.4. The molecule has 3 amide bonds. The second-order valence-electron chi connectivity index (χ2n) is 6.78. The van der Waals surface area contributed by atoms with Crippen LogP contribution in [0.15, 0.2) is 61.2 Å². The predicted octanol–water partition coefficient (Wildman–Crippen LogP) is 2.13. The molecule has 1 aromatic heterocycles. The van der Waals surface area contributed by atoms with Crippen molar-refractivity contribution < 1.29 is 14.4 Å². The van der Waals surface area contributed by atoms with Gasteiger partial charge >= 0.3 is 0 Å². The highest BCUT2D eigenvalue weighted by atomic mass is 16.2. The number of carbonyl (C=O) groups excluding carboxylic acids is 3. The molecular weight excluding hydrogens is 370 g/mol. The summed E-state index contributed by atoms with van der Waals surface area (Å²) < 4.78 is 1.65. The number of rotatable bonds is 6. The second-order valence-corrected chi connectivity index (χ2v) is 6.78. The van der Waals surface area contributed by atoms with Gasteiger partial charge in [0.15, 0.2) is 0 Å². The SMILES string of the molecule is C[C@H](NC(=O)CCN1C(=O)c2ccccc2C1=O)c1ccc(-n2cncn2)cc1. The molecule has 2 heterocycles. The lowest BCUT2D eigenvalue weighted by Crippen LogP contribution is -2.35. The summed E-state index contributed by atoms with van der Waals surface area (Å²) in [6.07, 6.45) is 3.12. The van der Waals surface area contributed by atoms with Crippen LogP contribution in [0.3, 0.4) is 0 Å². The van der Waals surface area contributed by atoms with E-state index in [0.717, 1.165) is 16.2 Å². The van der Waals surface area contributed by atoms with E-state index < -0.39 is 0 Å². The molecule has 29 heavy (non-hydrogen) atoms. The number of nitrogens with zero attached hydrogens (tertiary/aromatic N) is 4. The zero-order chi connectivity index (χ0) is 20.4. The van der Waals surface area contributed by atoms with Gasteiger partial charge in [-0.15, -0.1) is 0 Å². The minimum Gasteiger partial charge on any atom is -0.350 e. The van der Waals surface area contributed by atoms with Crippen LogP contribution in [0.2, 0.25) is 0 Å². The number of amides is 3. The first kappa shape index (κ1) is 18.5. The summed E-state index contributed by atoms with van der Waals surface area (Å²) in [4.78, 5) is 42.1. The molecule has 0 radical (unpaired) electrons. The van der Waals surface area contributed by atoms with Crippen molar-refractivity contribution in [3.05, 3.63) is 77.9 Å². The van der Waals surface area contributed by atoms with Gasteiger partial charge in [0.2, 0.25) is 5.91 Å². The van der Waals surface area contributed by atoms with E-state index in [9.17, 15) is 14.4 Å². The number of benzene rings is 2. The third-order valence-electron chi connectivity index (χ3n) is 4.89. The van der Waals surface area contributed by atoms with Gasteiger partial charge in [0.25, 0.3) is 11.8 Å². The van der Waals surface area contributed by atoms with E-state index in [-0.39, 0.29) is 36.7 Å². The molecule has 8 nitrogen and oxygen atoms in total. The monoisotopic (exact) mass is 389 g/mol. The molecule has 3 aromatic rings. The Hall–Kier alpha value is -3.81. The van der Waals surface area contributed by atoms with Gasteiger partial charge in [0.05, 0.1) is 22.9 Å². The van der Waals surface area contributed by atoms with Gasteiger partial charge < -0.3 is 5.32 Å². The lowest BCUT2D eigenvalue weighted by molar-refractivity contribution is -0.121. The van der Waals surface area contributed by atoms with Crippen LogP contribution in [0.1, 0.15) is 45.7 Å². The van der Waals surface area contributed by atoms with Crippen molar-refractivity contribution in [3.8, 4) is 5.69 Å². The first-order valence-electron chi connectivity index (χ1n) is 9.24. The highest BCUT2D eigenvalue weighted by Crippen LogP contribution is 2.22. The summed E-state index contributed by atoms with van der Waals surface area (Å²) in [6.45, 7) is 1.93. The molecule has 1 aliphatic heterocycles. The first-order valence-corrected chi connectivity index (χ1v) is 9.24. The Balaban J connectivity index is 1.33. The molecule has 1 atom stereocenters. The first-order chi connectivity index (χ1) is 14.0. The molecule has 0 bridgehead atoms. The van der Waals surface area contributed by atoms with Gasteiger partial charge in [0.1, 0.15) is 12.7 Å². The molecule has 0 spiro atoms. The van der Waals surface area contributed by atoms with E-state index in [0.29, 0.717) is 11.1 Å². The number of hydrogen-bond acceptors (Lipinski definition) is 5. The maximum atomic E-state index is 12.4. The molecule has 1 aliphatic rings. The van der Waals surface area contributed by atoms with Gasteiger partial charge in [0, 0.05) is 13.0 Å². The molecule has 1 N–H and O–H groups in total. The summed E-state index contributed by atoms with van der Waals surface area (Å²) in [7, 11) is 0. The van der Waals surface area contributed by atoms with E-state index >= 15 is 0 Å². The van der Waals surface area contributed by atoms with Crippen LogP contribution in [0.5, 0.6) is 0 Å². The Labute approximate surface area is 167 Å². The fourth-order valence-electron chi connectivity index (χ4n) is 3.31. The standard InChI is InChI=1S/C21H19N5O3/c1-14(15-6-8-16(9-7-15)26-13-22-12-23-26)24-19(27)10-11-25-20(28)17-4-2-3-5-18(17)21(25)29/h2-9,12-14H,10-11H2,1H3,(H,24,27)/t14-/m0/s1. The molecule has 0 unspecified atom stereocenters. The Morgan fingerprint density at radius 1 is 1.03 bits per heavy atom. The molecule has 2 aromatic carbocycles. The van der Waals surface area contributed by atoms with Crippen molar-refractivity contribution in [1.29, 1.82) is 0 Å². The number of carbonyl (C=O) groups is 3. The van der Waals surface area contributed by atoms with Gasteiger partial charge in [-0.25, -0.2) is 9.67 Å². The summed E-state index contributed by atoms with van der Waals surface area (Å²) in [5.74, 6) is -0.931. The van der Waals surface area contributed by atoms with E-state index in [2.05, 4.69) is 15.4 Å². The third-order valence-corrected chi connectivity index (χ3v) is 4.89. The summed E-state index contributed by atoms with van der Waals surface area (Å²) >= 11 is 0. The number of imide groups is 1. The van der Waals surface area contributed by atoms with E-state index in [4.69, 9.17) is 0 Å². The molecule has 0 aliphatic carbocycles. The lowest BCUT2D eigenvalue weighted by atomic mass is 10.1. The normalized spacial score (nSPS) is 14.0. The van der Waals surface area contributed by atoms with Crippen LogP contribution in [-0.2, 0) is 4.79 Å². The Kier molecular flexibility index (Phi) is 4.90. The predicted molar refractivity (Wildman–Crippen MR) is 104 cm³/mol. The topological polar surface area (TPSA) is 97.2 Å². The molecule has 146 valence electrons. The van der Waals surface area contributed by atoms with Crippen molar-refractivity contribution in [2.45, 2.75) is 19.4 Å². The smallest absolute Gasteiger partial charge is 0.261 e. The Morgan fingerprint density at radius 3 is 2.28 bits per heavy atom. The number of nitrogens with one attached hydrogen (secondary N) is 1. The van der Waals surface area contributed by atoms with Crippen molar-refractivity contribution in [2.24, 2.45) is 0 Å². The summed E-state index contributed by atoms with van der Waals surface area (Å²) in [5.41, 5.74) is 2.58. The molecule has 0 saturated heterocycles. The maximum Gasteiger partial charge on any atom is 0.261 e. The van der Waals surface area contributed by atoms with Crippen LogP contribution in [0, 0.1) is 0 Å². The molecular formula is C21H19N5O3. The minimum absolute atomic E-state index is 0.0485. The van der Waals surface area contributed by atoms with Crippen LogP contribution in [0.4, 0.5) is 0 Å². The van der Waals surface area contributed by atoms with Crippen molar-refractivity contribution in [2.75, 3.05) is 6.54 Å². The van der Waals surface area contributed by atoms with E-state index in [1.54, 1.807) is 35.3 Å². The van der Waals surface area contributed by atoms with Crippen molar-refractivity contribution in [1.82, 2.24) is 25.0 Å². The minimum atomic E-state index is -0.352. The quantitative estimate of drug-likeness (QED) is 0.652. The van der Waals surface area contributed by atoms with Crippen molar-refractivity contribution >= 4 is 17.7 Å². The molecule has 0 saturated carbocycles. The molecule has 4 rings (SSSR count).